The predicted molar refractivity (Wildman–Crippen MR) is 108 cm³/mol. The highest BCUT2D eigenvalue weighted by atomic mass is 32.2. The van der Waals surface area contributed by atoms with Crippen molar-refractivity contribution in [2.24, 2.45) is 0 Å². The molecule has 2 aliphatic rings. The van der Waals surface area contributed by atoms with Gasteiger partial charge >= 0.3 is 12.2 Å². The maximum Gasteiger partial charge on any atom is 0.416 e. The van der Waals surface area contributed by atoms with Crippen LogP contribution in [0.1, 0.15) is 42.5 Å². The molecule has 0 bridgehead atoms. The van der Waals surface area contributed by atoms with Gasteiger partial charge in [0.2, 0.25) is 0 Å². The van der Waals surface area contributed by atoms with E-state index >= 15 is 0 Å². The molecule has 3 heterocycles. The van der Waals surface area contributed by atoms with E-state index in [1.54, 1.807) is 4.68 Å². The van der Waals surface area contributed by atoms with Crippen molar-refractivity contribution in [3.8, 4) is 0 Å². The Morgan fingerprint density at radius 2 is 1.93 bits per heavy atom. The van der Waals surface area contributed by atoms with Gasteiger partial charge in [0, 0.05) is 17.2 Å². The lowest BCUT2D eigenvalue weighted by Crippen LogP contribution is -2.36. The number of halogens is 3. The van der Waals surface area contributed by atoms with Gasteiger partial charge < -0.3 is 10.6 Å². The van der Waals surface area contributed by atoms with E-state index in [9.17, 15) is 18.0 Å². The van der Waals surface area contributed by atoms with Gasteiger partial charge in [-0.2, -0.15) is 24.9 Å². The fourth-order valence-corrected chi connectivity index (χ4v) is 5.53. The molecule has 0 spiro atoms. The Morgan fingerprint density at radius 3 is 2.70 bits per heavy atom. The molecule has 10 heteroatoms. The van der Waals surface area contributed by atoms with Crippen LogP contribution in [0.5, 0.6) is 0 Å². The van der Waals surface area contributed by atoms with Crippen molar-refractivity contribution in [2.75, 3.05) is 5.75 Å². The highest BCUT2D eigenvalue weighted by Gasteiger charge is 2.42. The molecule has 162 valence electrons. The van der Waals surface area contributed by atoms with E-state index < -0.39 is 11.7 Å². The van der Waals surface area contributed by atoms with Crippen LogP contribution in [-0.2, 0) is 19.1 Å². The third kappa shape index (κ3) is 5.08. The molecule has 3 atom stereocenters. The van der Waals surface area contributed by atoms with Gasteiger partial charge in [0.05, 0.1) is 29.9 Å². The van der Waals surface area contributed by atoms with Gasteiger partial charge in [-0.25, -0.2) is 9.48 Å². The zero-order valence-corrected chi connectivity index (χ0v) is 17.2. The lowest BCUT2D eigenvalue weighted by atomic mass is 10.0. The fraction of sp³-hybridized carbons (Fsp3) is 0.550. The lowest BCUT2D eigenvalue weighted by molar-refractivity contribution is -0.137. The van der Waals surface area contributed by atoms with Crippen LogP contribution in [-0.4, -0.2) is 44.1 Å². The molecule has 0 aliphatic carbocycles. The van der Waals surface area contributed by atoms with E-state index in [1.807, 2.05) is 18.0 Å². The van der Waals surface area contributed by atoms with Gasteiger partial charge in [-0.15, -0.1) is 5.10 Å². The summed E-state index contributed by atoms with van der Waals surface area (Å²) in [5, 5.41) is 14.7. The monoisotopic (exact) mass is 439 g/mol. The largest absolute Gasteiger partial charge is 0.416 e. The van der Waals surface area contributed by atoms with Crippen molar-refractivity contribution in [2.45, 2.75) is 62.2 Å². The number of urea groups is 1. The highest BCUT2D eigenvalue weighted by Crippen LogP contribution is 2.33. The first kappa shape index (κ1) is 21.0. The summed E-state index contributed by atoms with van der Waals surface area (Å²) in [5.74, 6) is 0.982. The Balaban J connectivity index is 1.17. The van der Waals surface area contributed by atoms with Crippen molar-refractivity contribution in [1.82, 2.24) is 25.6 Å². The number of benzene rings is 1. The summed E-state index contributed by atoms with van der Waals surface area (Å²) < 4.78 is 39.6. The Hall–Kier alpha value is -2.23. The van der Waals surface area contributed by atoms with Crippen LogP contribution in [0, 0.1) is 0 Å². The highest BCUT2D eigenvalue weighted by molar-refractivity contribution is 8.00. The first-order chi connectivity index (χ1) is 14.4. The summed E-state index contributed by atoms with van der Waals surface area (Å²) in [4.78, 5) is 11.4. The summed E-state index contributed by atoms with van der Waals surface area (Å²) in [6.07, 6.45) is 2.66. The smallest absolute Gasteiger partial charge is 0.332 e. The second kappa shape index (κ2) is 8.87. The molecule has 0 unspecified atom stereocenters. The number of alkyl halides is 3. The molecule has 2 aromatic rings. The standard InChI is InChI=1S/C20H24F3N5OS/c21-20(22,23)14-8-6-13(7-9-14)10-28-11-15(26-27-28)4-2-1-3-5-17-18-16(12-30-17)24-19(29)25-18/h6-9,11,16-18H,1-5,10,12H2,(H2,24,25,29)/t16-,17-,18-/m0/s1. The molecular formula is C20H24F3N5OS. The van der Waals surface area contributed by atoms with Gasteiger partial charge in [-0.1, -0.05) is 30.2 Å². The molecule has 6 nitrogen and oxygen atoms in total. The van der Waals surface area contributed by atoms with Crippen LogP contribution in [0.25, 0.3) is 0 Å². The fourth-order valence-electron chi connectivity index (χ4n) is 3.99. The molecular weight excluding hydrogens is 415 g/mol. The van der Waals surface area contributed by atoms with Crippen LogP contribution in [0.15, 0.2) is 30.5 Å². The number of fused-ring (bicyclic) bond motifs is 1. The molecule has 1 aromatic heterocycles. The lowest BCUT2D eigenvalue weighted by Gasteiger charge is -2.16. The second-order valence-electron chi connectivity index (χ2n) is 7.82. The minimum atomic E-state index is -4.32. The number of hydrogen-bond donors (Lipinski definition) is 2. The number of rotatable bonds is 8. The van der Waals surface area contributed by atoms with Crippen molar-refractivity contribution < 1.29 is 18.0 Å². The number of hydrogen-bond acceptors (Lipinski definition) is 4. The molecule has 4 rings (SSSR count). The zero-order chi connectivity index (χ0) is 21.1. The van der Waals surface area contributed by atoms with Crippen molar-refractivity contribution in [3.05, 3.63) is 47.3 Å². The molecule has 1 aromatic carbocycles. The number of carbonyl (C=O) groups excluding carboxylic acids is 1. The van der Waals surface area contributed by atoms with E-state index in [2.05, 4.69) is 20.9 Å². The van der Waals surface area contributed by atoms with Gasteiger partial charge in [-0.05, 0) is 37.0 Å². The molecule has 30 heavy (non-hydrogen) atoms. The Morgan fingerprint density at radius 1 is 1.13 bits per heavy atom. The first-order valence-corrected chi connectivity index (χ1v) is 11.2. The number of nitrogens with zero attached hydrogens (tertiary/aromatic N) is 3. The van der Waals surface area contributed by atoms with Gasteiger partial charge in [0.1, 0.15) is 0 Å². The number of nitrogens with one attached hydrogen (secondary N) is 2. The quantitative estimate of drug-likeness (QED) is 0.487. The Kier molecular flexibility index (Phi) is 6.21. The van der Waals surface area contributed by atoms with Crippen molar-refractivity contribution in [1.29, 1.82) is 0 Å². The maximum absolute atomic E-state index is 12.6. The van der Waals surface area contributed by atoms with E-state index in [0.29, 0.717) is 11.8 Å². The third-order valence-corrected chi connectivity index (χ3v) is 7.08. The van der Waals surface area contributed by atoms with E-state index in [1.165, 1.54) is 12.1 Å². The number of thioether (sulfide) groups is 1. The summed E-state index contributed by atoms with van der Waals surface area (Å²) in [6.45, 7) is 0.395. The van der Waals surface area contributed by atoms with E-state index in [-0.39, 0.29) is 18.1 Å². The maximum atomic E-state index is 12.6. The van der Waals surface area contributed by atoms with E-state index in [4.69, 9.17) is 0 Å². The average Bonchev–Trinajstić information content (AvgIpc) is 3.38. The van der Waals surface area contributed by atoms with Crippen LogP contribution >= 0.6 is 11.8 Å². The minimum Gasteiger partial charge on any atom is -0.332 e. The molecule has 2 aliphatic heterocycles. The van der Waals surface area contributed by atoms with Crippen LogP contribution < -0.4 is 10.6 Å². The first-order valence-electron chi connectivity index (χ1n) is 10.1. The predicted octanol–water partition coefficient (Wildman–Crippen LogP) is 3.61. The normalized spacial score (nSPS) is 23.3. The second-order valence-corrected chi connectivity index (χ2v) is 9.10. The number of carbonyl (C=O) groups is 1. The Bertz CT molecular complexity index is 870. The summed E-state index contributed by atoms with van der Waals surface area (Å²) in [7, 11) is 0. The Labute approximate surface area is 177 Å². The molecule has 0 radical (unpaired) electrons. The summed E-state index contributed by atoms with van der Waals surface area (Å²) >= 11 is 1.93. The molecule has 2 N–H and O–H groups in total. The topological polar surface area (TPSA) is 71.8 Å². The molecule has 2 saturated heterocycles. The zero-order valence-electron chi connectivity index (χ0n) is 16.4. The summed E-state index contributed by atoms with van der Waals surface area (Å²) in [6, 6.07) is 5.60. The number of amides is 2. The van der Waals surface area contributed by atoms with Gasteiger partial charge in [-0.3, -0.25) is 0 Å². The molecule has 2 fully saturated rings. The number of unbranched alkanes of at least 4 members (excludes halogenated alkanes) is 2. The van der Waals surface area contributed by atoms with Crippen LogP contribution in [0.2, 0.25) is 0 Å². The minimum absolute atomic E-state index is 0.0466. The SMILES string of the molecule is O=C1N[C@H]2[C@H](CS[C@H]2CCCCCc2cn(Cc3ccc(C(F)(F)F)cc3)nn2)N1. The molecule has 2 amide bonds. The number of aromatic nitrogens is 3. The average molecular weight is 440 g/mol. The van der Waals surface area contributed by atoms with Gasteiger partial charge in [0.15, 0.2) is 0 Å². The van der Waals surface area contributed by atoms with Crippen LogP contribution in [0.4, 0.5) is 18.0 Å². The summed E-state index contributed by atoms with van der Waals surface area (Å²) in [5.41, 5.74) is 0.994. The van der Waals surface area contributed by atoms with Gasteiger partial charge in [0.25, 0.3) is 0 Å². The number of aryl methyl sites for hydroxylation is 1. The third-order valence-electron chi connectivity index (χ3n) is 5.57. The van der Waals surface area contributed by atoms with E-state index in [0.717, 1.165) is 61.2 Å². The van der Waals surface area contributed by atoms with Crippen molar-refractivity contribution >= 4 is 17.8 Å². The van der Waals surface area contributed by atoms with Crippen LogP contribution in [0.3, 0.4) is 0 Å². The van der Waals surface area contributed by atoms with Crippen molar-refractivity contribution in [3.63, 3.8) is 0 Å². The molecule has 0 saturated carbocycles.